The number of morpholine rings is 1. The lowest BCUT2D eigenvalue weighted by molar-refractivity contribution is -0.210. The number of aliphatic hydroxyl groups excluding tert-OH is 1. The Morgan fingerprint density at radius 3 is 2.77 bits per heavy atom. The lowest BCUT2D eigenvalue weighted by Crippen LogP contribution is -2.64. The summed E-state index contributed by atoms with van der Waals surface area (Å²) in [5.41, 5.74) is -0.130. The Labute approximate surface area is 132 Å². The van der Waals surface area contributed by atoms with E-state index in [1.807, 2.05) is 18.7 Å². The number of rotatable bonds is 3. The first kappa shape index (κ1) is 16.2. The molecule has 3 rings (SSSR count). The Hall–Kier alpha value is -0.690. The van der Waals surface area contributed by atoms with Gasteiger partial charge in [-0.15, -0.1) is 0 Å². The van der Waals surface area contributed by atoms with Crippen LogP contribution in [-0.2, 0) is 14.3 Å². The topological polar surface area (TPSA) is 71.0 Å². The number of amides is 1. The molecule has 2 saturated heterocycles. The quantitative estimate of drug-likeness (QED) is 0.776. The highest BCUT2D eigenvalue weighted by molar-refractivity contribution is 5.82. The molecule has 0 bridgehead atoms. The van der Waals surface area contributed by atoms with Crippen molar-refractivity contribution in [2.45, 2.75) is 57.5 Å². The third-order valence-electron chi connectivity index (χ3n) is 5.70. The van der Waals surface area contributed by atoms with E-state index in [1.54, 1.807) is 0 Å². The lowest BCUT2D eigenvalue weighted by Gasteiger charge is -2.56. The summed E-state index contributed by atoms with van der Waals surface area (Å²) in [4.78, 5) is 14.6. The van der Waals surface area contributed by atoms with Crippen LogP contribution >= 0.6 is 0 Å². The van der Waals surface area contributed by atoms with E-state index in [9.17, 15) is 9.90 Å². The van der Waals surface area contributed by atoms with Crippen LogP contribution in [0.3, 0.4) is 0 Å². The highest BCUT2D eigenvalue weighted by Gasteiger charge is 2.56. The highest BCUT2D eigenvalue weighted by atomic mass is 16.5. The zero-order valence-corrected chi connectivity index (χ0v) is 13.6. The second kappa shape index (κ2) is 6.43. The van der Waals surface area contributed by atoms with Crippen molar-refractivity contribution >= 4 is 5.91 Å². The molecule has 3 aliphatic rings. The number of carbonyl (C=O) groups excluding carboxylic acids is 1. The van der Waals surface area contributed by atoms with Crippen molar-refractivity contribution in [2.75, 3.05) is 32.8 Å². The molecule has 3 fully saturated rings. The molecule has 0 radical (unpaired) electrons. The Morgan fingerprint density at radius 1 is 1.45 bits per heavy atom. The molecule has 0 aromatic rings. The van der Waals surface area contributed by atoms with Crippen LogP contribution in [0.25, 0.3) is 0 Å². The summed E-state index contributed by atoms with van der Waals surface area (Å²) in [5, 5.41) is 13.5. The van der Waals surface area contributed by atoms with Gasteiger partial charge in [0.05, 0.1) is 24.9 Å². The monoisotopic (exact) mass is 312 g/mol. The maximum atomic E-state index is 12.7. The Bertz CT molecular complexity index is 407. The largest absolute Gasteiger partial charge is 0.392 e. The van der Waals surface area contributed by atoms with Gasteiger partial charge in [-0.1, -0.05) is 0 Å². The van der Waals surface area contributed by atoms with Crippen LogP contribution < -0.4 is 5.32 Å². The van der Waals surface area contributed by atoms with Crippen molar-refractivity contribution in [3.05, 3.63) is 0 Å². The Balaban J connectivity index is 1.58. The van der Waals surface area contributed by atoms with Gasteiger partial charge < -0.3 is 24.8 Å². The van der Waals surface area contributed by atoms with Crippen molar-refractivity contribution in [2.24, 2.45) is 5.41 Å². The molecule has 1 saturated carbocycles. The second-order valence-electron chi connectivity index (χ2n) is 6.76. The standard InChI is InChI=1S/C16H28N2O4/c1-3-21-13-10-12(19)16(13)4-7-18(8-5-16)15(20)14-11(2)22-9-6-17-14/h11-14,17,19H,3-10H2,1-2H3/t11-,12?,13?,14+/m1/s1. The van der Waals surface area contributed by atoms with E-state index in [4.69, 9.17) is 9.47 Å². The summed E-state index contributed by atoms with van der Waals surface area (Å²) < 4.78 is 11.3. The molecule has 2 heterocycles. The van der Waals surface area contributed by atoms with Crippen LogP contribution in [0.1, 0.15) is 33.1 Å². The summed E-state index contributed by atoms with van der Waals surface area (Å²) in [5.74, 6) is 0.129. The number of piperidine rings is 1. The van der Waals surface area contributed by atoms with Crippen molar-refractivity contribution in [1.29, 1.82) is 0 Å². The van der Waals surface area contributed by atoms with Crippen LogP contribution in [0.4, 0.5) is 0 Å². The first-order valence-electron chi connectivity index (χ1n) is 8.52. The summed E-state index contributed by atoms with van der Waals surface area (Å²) in [6.07, 6.45) is 2.18. The lowest BCUT2D eigenvalue weighted by atomic mass is 9.58. The van der Waals surface area contributed by atoms with Gasteiger partial charge >= 0.3 is 0 Å². The molecule has 1 spiro atoms. The normalized spacial score (nSPS) is 37.9. The third kappa shape index (κ3) is 2.66. The van der Waals surface area contributed by atoms with Gasteiger partial charge in [0, 0.05) is 38.1 Å². The number of nitrogens with one attached hydrogen (secondary N) is 1. The minimum Gasteiger partial charge on any atom is -0.392 e. The smallest absolute Gasteiger partial charge is 0.242 e. The van der Waals surface area contributed by atoms with E-state index < -0.39 is 0 Å². The molecule has 0 aromatic heterocycles. The van der Waals surface area contributed by atoms with Crippen molar-refractivity contribution in [1.82, 2.24) is 10.2 Å². The molecule has 22 heavy (non-hydrogen) atoms. The molecule has 4 atom stereocenters. The number of ether oxygens (including phenoxy) is 2. The fourth-order valence-corrected chi connectivity index (χ4v) is 4.17. The van der Waals surface area contributed by atoms with Crippen LogP contribution in [0.5, 0.6) is 0 Å². The number of carbonyl (C=O) groups is 1. The number of nitrogens with zero attached hydrogens (tertiary/aromatic N) is 1. The van der Waals surface area contributed by atoms with Gasteiger partial charge in [-0.2, -0.15) is 0 Å². The molecule has 1 aliphatic carbocycles. The van der Waals surface area contributed by atoms with Crippen LogP contribution in [0, 0.1) is 5.41 Å². The average Bonchev–Trinajstić information content (AvgIpc) is 2.55. The van der Waals surface area contributed by atoms with Gasteiger partial charge in [-0.3, -0.25) is 4.79 Å². The maximum absolute atomic E-state index is 12.7. The van der Waals surface area contributed by atoms with Gasteiger partial charge in [0.15, 0.2) is 0 Å². The van der Waals surface area contributed by atoms with E-state index in [-0.39, 0.29) is 35.7 Å². The van der Waals surface area contributed by atoms with Crippen LogP contribution in [-0.4, -0.2) is 73.1 Å². The van der Waals surface area contributed by atoms with Gasteiger partial charge in [0.1, 0.15) is 6.04 Å². The molecule has 2 N–H and O–H groups in total. The average molecular weight is 312 g/mol. The van der Waals surface area contributed by atoms with Gasteiger partial charge in [0.25, 0.3) is 0 Å². The van der Waals surface area contributed by atoms with E-state index in [0.717, 1.165) is 25.8 Å². The van der Waals surface area contributed by atoms with Crippen molar-refractivity contribution < 1.29 is 19.4 Å². The van der Waals surface area contributed by atoms with Gasteiger partial charge in [-0.25, -0.2) is 0 Å². The van der Waals surface area contributed by atoms with Crippen LogP contribution in [0.2, 0.25) is 0 Å². The Morgan fingerprint density at radius 2 is 2.18 bits per heavy atom. The molecule has 126 valence electrons. The predicted molar refractivity (Wildman–Crippen MR) is 81.5 cm³/mol. The Kier molecular flexibility index (Phi) is 4.73. The summed E-state index contributed by atoms with van der Waals surface area (Å²) in [6.45, 7) is 7.41. The number of hydrogen-bond donors (Lipinski definition) is 2. The molecule has 6 nitrogen and oxygen atoms in total. The van der Waals surface area contributed by atoms with Crippen molar-refractivity contribution in [3.63, 3.8) is 0 Å². The fraction of sp³-hybridized carbons (Fsp3) is 0.938. The molecular formula is C16H28N2O4. The van der Waals surface area contributed by atoms with E-state index in [1.165, 1.54) is 0 Å². The molecule has 1 amide bonds. The molecule has 2 aliphatic heterocycles. The predicted octanol–water partition coefficient (Wildman–Crippen LogP) is 0.142. The van der Waals surface area contributed by atoms with Gasteiger partial charge in [0.2, 0.25) is 5.91 Å². The summed E-state index contributed by atoms with van der Waals surface area (Å²) in [6, 6.07) is -0.239. The van der Waals surface area contributed by atoms with E-state index in [2.05, 4.69) is 5.32 Å². The number of likely N-dealkylation sites (tertiary alicyclic amines) is 1. The van der Waals surface area contributed by atoms with Gasteiger partial charge in [-0.05, 0) is 26.7 Å². The first-order valence-corrected chi connectivity index (χ1v) is 8.52. The zero-order valence-electron chi connectivity index (χ0n) is 13.6. The third-order valence-corrected chi connectivity index (χ3v) is 5.70. The minimum absolute atomic E-state index is 0.0809. The number of hydrogen-bond acceptors (Lipinski definition) is 5. The van der Waals surface area contributed by atoms with E-state index in [0.29, 0.717) is 26.3 Å². The molecular weight excluding hydrogens is 284 g/mol. The maximum Gasteiger partial charge on any atom is 0.242 e. The molecule has 2 unspecified atom stereocenters. The fourth-order valence-electron chi connectivity index (χ4n) is 4.17. The molecule has 0 aromatic carbocycles. The zero-order chi connectivity index (χ0) is 15.7. The number of aliphatic hydroxyl groups is 1. The van der Waals surface area contributed by atoms with E-state index >= 15 is 0 Å². The SMILES string of the molecule is CCOC1CC(O)C12CCN(C(=O)[C@H]1NCCO[C@@H]1C)CC2. The van der Waals surface area contributed by atoms with Crippen LogP contribution in [0.15, 0.2) is 0 Å². The summed E-state index contributed by atoms with van der Waals surface area (Å²) in [7, 11) is 0. The molecule has 6 heteroatoms. The second-order valence-corrected chi connectivity index (χ2v) is 6.76. The van der Waals surface area contributed by atoms with Crippen molar-refractivity contribution in [3.8, 4) is 0 Å². The minimum atomic E-state index is -0.281. The highest BCUT2D eigenvalue weighted by Crippen LogP contribution is 2.51. The first-order chi connectivity index (χ1) is 10.6. The summed E-state index contributed by atoms with van der Waals surface area (Å²) >= 11 is 0.